The van der Waals surface area contributed by atoms with E-state index in [-0.39, 0.29) is 29.4 Å². The second-order valence-electron chi connectivity index (χ2n) is 7.85. The van der Waals surface area contributed by atoms with Gasteiger partial charge in [-0.15, -0.1) is 24.0 Å². The first-order chi connectivity index (χ1) is 13.1. The molecule has 1 aliphatic heterocycles. The van der Waals surface area contributed by atoms with Crippen LogP contribution in [0.4, 0.5) is 0 Å². The van der Waals surface area contributed by atoms with E-state index in [0.717, 1.165) is 51.5 Å². The number of nitrogens with one attached hydrogen (secondary N) is 2. The molecular weight excluding hydrogens is 465 g/mol. The number of nitrogens with zero attached hydrogens (tertiary/aromatic N) is 3. The standard InChI is InChI=1S/C21H43N5O.HI/c1-6-21(7-2)18(17-19(21)27-10-5)24-20(22-8-3)23-11-12-26-15-13-25(9-4)14-16-26;/h18-19H,6-17H2,1-5H3,(H2,22,23,24);1H. The molecule has 1 aliphatic carbocycles. The Morgan fingerprint density at radius 1 is 1.04 bits per heavy atom. The van der Waals surface area contributed by atoms with Crippen molar-refractivity contribution in [1.82, 2.24) is 20.4 Å². The lowest BCUT2D eigenvalue weighted by molar-refractivity contribution is -0.133. The van der Waals surface area contributed by atoms with Crippen molar-refractivity contribution in [3.63, 3.8) is 0 Å². The SMILES string of the molecule is CCNC(=NCCN1CCN(CC)CC1)NC1CC(OCC)C1(CC)CC.I. The van der Waals surface area contributed by atoms with Crippen LogP contribution in [0.2, 0.25) is 0 Å². The molecule has 0 aromatic carbocycles. The summed E-state index contributed by atoms with van der Waals surface area (Å²) < 4.78 is 6.01. The second-order valence-corrected chi connectivity index (χ2v) is 7.85. The van der Waals surface area contributed by atoms with Gasteiger partial charge in [-0.05, 0) is 39.7 Å². The van der Waals surface area contributed by atoms with Crippen LogP contribution in [0.1, 0.15) is 53.9 Å². The number of likely N-dealkylation sites (N-methyl/N-ethyl adjacent to an activating group) is 1. The highest BCUT2D eigenvalue weighted by molar-refractivity contribution is 14.0. The first-order valence-electron chi connectivity index (χ1n) is 11.2. The fourth-order valence-electron chi connectivity index (χ4n) is 4.70. The van der Waals surface area contributed by atoms with E-state index in [9.17, 15) is 0 Å². The van der Waals surface area contributed by atoms with Crippen LogP contribution in [0.3, 0.4) is 0 Å². The molecule has 1 saturated heterocycles. The molecule has 2 unspecified atom stereocenters. The molecule has 6 nitrogen and oxygen atoms in total. The molecule has 2 atom stereocenters. The lowest BCUT2D eigenvalue weighted by Crippen LogP contribution is -2.65. The van der Waals surface area contributed by atoms with Crippen LogP contribution in [-0.4, -0.2) is 86.9 Å². The second kappa shape index (κ2) is 13.2. The van der Waals surface area contributed by atoms with Gasteiger partial charge >= 0.3 is 0 Å². The van der Waals surface area contributed by atoms with E-state index in [1.807, 2.05) is 0 Å². The summed E-state index contributed by atoms with van der Waals surface area (Å²) in [5.41, 5.74) is 0.239. The molecule has 2 aliphatic rings. The number of hydrogen-bond donors (Lipinski definition) is 2. The first kappa shape index (κ1) is 25.9. The normalized spacial score (nSPS) is 25.7. The van der Waals surface area contributed by atoms with E-state index in [4.69, 9.17) is 9.73 Å². The molecule has 0 aromatic heterocycles. The number of piperazine rings is 1. The molecule has 1 saturated carbocycles. The van der Waals surface area contributed by atoms with E-state index in [1.54, 1.807) is 0 Å². The Hall–Kier alpha value is -0.120. The zero-order valence-corrected chi connectivity index (χ0v) is 21.1. The molecule has 2 rings (SSSR count). The Balaban J connectivity index is 0.00000392. The van der Waals surface area contributed by atoms with Gasteiger partial charge in [0.2, 0.25) is 0 Å². The van der Waals surface area contributed by atoms with Crippen molar-refractivity contribution >= 4 is 29.9 Å². The lowest BCUT2D eigenvalue weighted by Gasteiger charge is -2.55. The maximum atomic E-state index is 6.01. The average Bonchev–Trinajstić information content (AvgIpc) is 2.68. The highest BCUT2D eigenvalue weighted by Crippen LogP contribution is 2.48. The third-order valence-corrected chi connectivity index (χ3v) is 6.72. The van der Waals surface area contributed by atoms with Crippen molar-refractivity contribution in [2.45, 2.75) is 66.0 Å². The Labute approximate surface area is 190 Å². The predicted molar refractivity (Wildman–Crippen MR) is 130 cm³/mol. The predicted octanol–water partition coefficient (Wildman–Crippen LogP) is 2.78. The average molecular weight is 510 g/mol. The number of ether oxygens (including phenoxy) is 1. The highest BCUT2D eigenvalue weighted by Gasteiger charge is 2.53. The van der Waals surface area contributed by atoms with Crippen molar-refractivity contribution in [2.24, 2.45) is 10.4 Å². The van der Waals surface area contributed by atoms with Gasteiger partial charge in [-0.1, -0.05) is 20.8 Å². The quantitative estimate of drug-likeness (QED) is 0.270. The summed E-state index contributed by atoms with van der Waals surface area (Å²) in [5.74, 6) is 0.968. The van der Waals surface area contributed by atoms with Crippen molar-refractivity contribution in [3.8, 4) is 0 Å². The number of aliphatic imine (C=N–C) groups is 1. The van der Waals surface area contributed by atoms with Crippen LogP contribution >= 0.6 is 24.0 Å². The molecule has 0 spiro atoms. The van der Waals surface area contributed by atoms with Crippen LogP contribution in [0.25, 0.3) is 0 Å². The van der Waals surface area contributed by atoms with E-state index in [1.165, 1.54) is 32.7 Å². The number of hydrogen-bond acceptors (Lipinski definition) is 4. The van der Waals surface area contributed by atoms with Crippen molar-refractivity contribution < 1.29 is 4.74 Å². The lowest BCUT2D eigenvalue weighted by atomic mass is 9.58. The van der Waals surface area contributed by atoms with Gasteiger partial charge < -0.3 is 20.3 Å². The molecule has 0 bridgehead atoms. The molecule has 0 aromatic rings. The van der Waals surface area contributed by atoms with Gasteiger partial charge in [0, 0.05) is 57.3 Å². The van der Waals surface area contributed by atoms with Crippen LogP contribution in [0, 0.1) is 5.41 Å². The number of halogens is 1. The Morgan fingerprint density at radius 3 is 2.21 bits per heavy atom. The van der Waals surface area contributed by atoms with E-state index >= 15 is 0 Å². The molecule has 7 heteroatoms. The summed E-state index contributed by atoms with van der Waals surface area (Å²) >= 11 is 0. The van der Waals surface area contributed by atoms with Crippen molar-refractivity contribution in [1.29, 1.82) is 0 Å². The highest BCUT2D eigenvalue weighted by atomic mass is 127. The summed E-state index contributed by atoms with van der Waals surface area (Å²) in [7, 11) is 0. The first-order valence-corrected chi connectivity index (χ1v) is 11.2. The van der Waals surface area contributed by atoms with Gasteiger partial charge in [0.15, 0.2) is 5.96 Å². The van der Waals surface area contributed by atoms with Crippen molar-refractivity contribution in [2.75, 3.05) is 59.0 Å². The third-order valence-electron chi connectivity index (χ3n) is 6.72. The van der Waals surface area contributed by atoms with Gasteiger partial charge in [0.25, 0.3) is 0 Å². The maximum Gasteiger partial charge on any atom is 0.191 e. The van der Waals surface area contributed by atoms with Gasteiger partial charge in [-0.2, -0.15) is 0 Å². The largest absolute Gasteiger partial charge is 0.378 e. The summed E-state index contributed by atoms with van der Waals surface area (Å²) in [6, 6.07) is 0.454. The third kappa shape index (κ3) is 6.44. The molecule has 0 amide bonds. The van der Waals surface area contributed by atoms with Crippen LogP contribution in [0.5, 0.6) is 0 Å². The van der Waals surface area contributed by atoms with Crippen LogP contribution in [-0.2, 0) is 4.74 Å². The van der Waals surface area contributed by atoms with E-state index in [0.29, 0.717) is 12.1 Å². The monoisotopic (exact) mass is 509 g/mol. The van der Waals surface area contributed by atoms with E-state index in [2.05, 4.69) is 55.1 Å². The summed E-state index contributed by atoms with van der Waals surface area (Å²) in [4.78, 5) is 9.93. The molecule has 0 radical (unpaired) electrons. The van der Waals surface area contributed by atoms with Crippen LogP contribution < -0.4 is 10.6 Å². The molecule has 2 N–H and O–H groups in total. The maximum absolute atomic E-state index is 6.01. The van der Waals surface area contributed by atoms with Gasteiger partial charge in [0.1, 0.15) is 0 Å². The number of rotatable bonds is 10. The molecule has 2 fully saturated rings. The Kier molecular flexibility index (Phi) is 12.3. The fraction of sp³-hybridized carbons (Fsp3) is 0.952. The smallest absolute Gasteiger partial charge is 0.191 e. The van der Waals surface area contributed by atoms with Gasteiger partial charge in [0.05, 0.1) is 12.6 Å². The Morgan fingerprint density at radius 2 is 1.68 bits per heavy atom. The minimum Gasteiger partial charge on any atom is -0.378 e. The van der Waals surface area contributed by atoms with Gasteiger partial charge in [-0.3, -0.25) is 9.89 Å². The zero-order valence-electron chi connectivity index (χ0n) is 18.8. The van der Waals surface area contributed by atoms with Crippen LogP contribution in [0.15, 0.2) is 4.99 Å². The minimum absolute atomic E-state index is 0. The van der Waals surface area contributed by atoms with Crippen molar-refractivity contribution in [3.05, 3.63) is 0 Å². The molecule has 28 heavy (non-hydrogen) atoms. The molecule has 1 heterocycles. The minimum atomic E-state index is 0. The fourth-order valence-corrected chi connectivity index (χ4v) is 4.70. The summed E-state index contributed by atoms with van der Waals surface area (Å²) in [5, 5.41) is 7.16. The summed E-state index contributed by atoms with van der Waals surface area (Å²) in [6.45, 7) is 20.6. The molecular formula is C21H44IN5O. The number of guanidine groups is 1. The zero-order chi connectivity index (χ0) is 19.7. The summed E-state index contributed by atoms with van der Waals surface area (Å²) in [6.07, 6.45) is 3.76. The topological polar surface area (TPSA) is 52.1 Å². The molecule has 166 valence electrons. The Bertz CT molecular complexity index is 450. The van der Waals surface area contributed by atoms with E-state index < -0.39 is 0 Å². The van der Waals surface area contributed by atoms with Gasteiger partial charge in [-0.25, -0.2) is 0 Å².